The first-order valence-electron chi connectivity index (χ1n) is 7.33. The van der Waals surface area contributed by atoms with Gasteiger partial charge in [-0.2, -0.15) is 0 Å². The Morgan fingerprint density at radius 3 is 2.80 bits per heavy atom. The van der Waals surface area contributed by atoms with Crippen molar-refractivity contribution in [2.75, 3.05) is 6.54 Å². The van der Waals surface area contributed by atoms with Crippen LogP contribution in [-0.2, 0) is 0 Å². The number of hydrogen-bond donors (Lipinski definition) is 1. The standard InChI is InChI=1S/C19H23N/c1-3-15-20-16(2)19(18-13-9-6-10-14-18)17-11-7-4-5-8-12-17/h4,6-14,19-20H,2-3,5,15H2,1H3. The molecule has 0 fully saturated rings. The minimum absolute atomic E-state index is 0.210. The highest BCUT2D eigenvalue weighted by atomic mass is 14.9. The molecule has 0 aliphatic heterocycles. The van der Waals surface area contributed by atoms with Crippen molar-refractivity contribution in [3.8, 4) is 0 Å². The first-order chi connectivity index (χ1) is 9.83. The Labute approximate surface area is 122 Å². The van der Waals surface area contributed by atoms with Gasteiger partial charge in [0.2, 0.25) is 0 Å². The van der Waals surface area contributed by atoms with Crippen LogP contribution in [0.2, 0.25) is 0 Å². The zero-order valence-electron chi connectivity index (χ0n) is 12.2. The van der Waals surface area contributed by atoms with Crippen LogP contribution in [0.5, 0.6) is 0 Å². The Morgan fingerprint density at radius 1 is 1.25 bits per heavy atom. The molecule has 0 spiro atoms. The van der Waals surface area contributed by atoms with E-state index in [0.29, 0.717) is 0 Å². The first-order valence-corrected chi connectivity index (χ1v) is 7.33. The molecular weight excluding hydrogens is 242 g/mol. The van der Waals surface area contributed by atoms with Crippen LogP contribution in [0.3, 0.4) is 0 Å². The Kier molecular flexibility index (Phi) is 5.43. The van der Waals surface area contributed by atoms with E-state index in [0.717, 1.165) is 25.1 Å². The smallest absolute Gasteiger partial charge is 0.0481 e. The van der Waals surface area contributed by atoms with E-state index in [1.807, 2.05) is 0 Å². The van der Waals surface area contributed by atoms with E-state index in [1.54, 1.807) is 0 Å². The predicted octanol–water partition coefficient (Wildman–Crippen LogP) is 4.73. The number of nitrogens with one attached hydrogen (secondary N) is 1. The molecule has 20 heavy (non-hydrogen) atoms. The maximum absolute atomic E-state index is 4.26. The second kappa shape index (κ2) is 7.54. The van der Waals surface area contributed by atoms with Gasteiger partial charge in [0.25, 0.3) is 0 Å². The third-order valence-corrected chi connectivity index (χ3v) is 3.42. The lowest BCUT2D eigenvalue weighted by molar-refractivity contribution is 0.719. The van der Waals surface area contributed by atoms with Gasteiger partial charge in [-0.05, 0) is 24.0 Å². The van der Waals surface area contributed by atoms with Gasteiger partial charge in [0.1, 0.15) is 0 Å². The average molecular weight is 265 g/mol. The van der Waals surface area contributed by atoms with Crippen molar-refractivity contribution in [3.63, 3.8) is 0 Å². The zero-order valence-corrected chi connectivity index (χ0v) is 12.2. The molecule has 1 atom stereocenters. The molecule has 0 saturated carbocycles. The van der Waals surface area contributed by atoms with Crippen molar-refractivity contribution in [2.24, 2.45) is 0 Å². The summed E-state index contributed by atoms with van der Waals surface area (Å²) < 4.78 is 0. The van der Waals surface area contributed by atoms with Gasteiger partial charge in [-0.25, -0.2) is 0 Å². The minimum atomic E-state index is 0.210. The molecule has 1 N–H and O–H groups in total. The SMILES string of the molecule is C=C(NCCC)C(C1=CC=CCC=C1)c1ccccc1. The largest absolute Gasteiger partial charge is 0.388 e. The van der Waals surface area contributed by atoms with Gasteiger partial charge >= 0.3 is 0 Å². The maximum Gasteiger partial charge on any atom is 0.0481 e. The molecule has 1 aliphatic rings. The molecule has 1 aromatic carbocycles. The van der Waals surface area contributed by atoms with Gasteiger partial charge in [0.05, 0.1) is 0 Å². The second-order valence-electron chi connectivity index (χ2n) is 5.03. The quantitative estimate of drug-likeness (QED) is 0.784. The van der Waals surface area contributed by atoms with Gasteiger partial charge in [-0.1, -0.05) is 74.2 Å². The van der Waals surface area contributed by atoms with Crippen LogP contribution in [0.15, 0.2) is 78.6 Å². The number of allylic oxidation sites excluding steroid dienone is 6. The zero-order chi connectivity index (χ0) is 14.2. The number of benzene rings is 1. The topological polar surface area (TPSA) is 12.0 Å². The molecular formula is C19H23N. The Balaban J connectivity index is 2.31. The summed E-state index contributed by atoms with van der Waals surface area (Å²) in [7, 11) is 0. The molecule has 0 aromatic heterocycles. The Morgan fingerprint density at radius 2 is 2.05 bits per heavy atom. The fraction of sp³-hybridized carbons (Fsp3) is 0.263. The van der Waals surface area contributed by atoms with Crippen LogP contribution in [0.4, 0.5) is 0 Å². The van der Waals surface area contributed by atoms with Crippen molar-refractivity contribution in [1.29, 1.82) is 0 Å². The lowest BCUT2D eigenvalue weighted by atomic mass is 9.88. The van der Waals surface area contributed by atoms with E-state index in [1.165, 1.54) is 11.1 Å². The third kappa shape index (κ3) is 3.74. The monoisotopic (exact) mass is 265 g/mol. The van der Waals surface area contributed by atoms with Crippen molar-refractivity contribution in [3.05, 3.63) is 84.1 Å². The number of hydrogen-bond acceptors (Lipinski definition) is 1. The fourth-order valence-corrected chi connectivity index (χ4v) is 2.42. The predicted molar refractivity (Wildman–Crippen MR) is 87.6 cm³/mol. The lowest BCUT2D eigenvalue weighted by Crippen LogP contribution is -2.20. The molecule has 0 bridgehead atoms. The highest BCUT2D eigenvalue weighted by Gasteiger charge is 2.18. The normalized spacial score (nSPS) is 15.3. The summed E-state index contributed by atoms with van der Waals surface area (Å²) in [5, 5.41) is 3.46. The molecule has 0 saturated heterocycles. The van der Waals surface area contributed by atoms with Crippen LogP contribution < -0.4 is 5.32 Å². The molecule has 0 amide bonds. The summed E-state index contributed by atoms with van der Waals surface area (Å²) in [4.78, 5) is 0. The summed E-state index contributed by atoms with van der Waals surface area (Å²) in [6.07, 6.45) is 13.0. The van der Waals surface area contributed by atoms with Crippen molar-refractivity contribution >= 4 is 0 Å². The third-order valence-electron chi connectivity index (χ3n) is 3.42. The van der Waals surface area contributed by atoms with E-state index in [-0.39, 0.29) is 5.92 Å². The van der Waals surface area contributed by atoms with Crippen LogP contribution in [0.25, 0.3) is 0 Å². The van der Waals surface area contributed by atoms with Crippen LogP contribution in [0.1, 0.15) is 31.2 Å². The van der Waals surface area contributed by atoms with Crippen molar-refractivity contribution in [2.45, 2.75) is 25.7 Å². The molecule has 1 unspecified atom stereocenters. The molecule has 2 rings (SSSR count). The summed E-state index contributed by atoms with van der Waals surface area (Å²) in [6, 6.07) is 10.6. The average Bonchev–Trinajstić information content (AvgIpc) is 2.76. The van der Waals surface area contributed by atoms with Gasteiger partial charge in [0, 0.05) is 18.2 Å². The molecule has 1 nitrogen and oxygen atoms in total. The first kappa shape index (κ1) is 14.4. The van der Waals surface area contributed by atoms with Crippen LogP contribution in [-0.4, -0.2) is 6.54 Å². The van der Waals surface area contributed by atoms with E-state index in [4.69, 9.17) is 0 Å². The second-order valence-corrected chi connectivity index (χ2v) is 5.03. The Bertz CT molecular complexity index is 520. The lowest BCUT2D eigenvalue weighted by Gasteiger charge is -2.22. The minimum Gasteiger partial charge on any atom is -0.388 e. The maximum atomic E-state index is 4.26. The fourth-order valence-electron chi connectivity index (χ4n) is 2.42. The van der Waals surface area contributed by atoms with E-state index < -0.39 is 0 Å². The van der Waals surface area contributed by atoms with Gasteiger partial charge in [0.15, 0.2) is 0 Å². The molecule has 0 radical (unpaired) electrons. The molecule has 104 valence electrons. The highest BCUT2D eigenvalue weighted by molar-refractivity contribution is 5.44. The molecule has 1 aliphatic carbocycles. The summed E-state index contributed by atoms with van der Waals surface area (Å²) >= 11 is 0. The summed E-state index contributed by atoms with van der Waals surface area (Å²) in [5.41, 5.74) is 3.65. The molecule has 0 heterocycles. The van der Waals surface area contributed by atoms with Gasteiger partial charge < -0.3 is 5.32 Å². The highest BCUT2D eigenvalue weighted by Crippen LogP contribution is 2.31. The van der Waals surface area contributed by atoms with Crippen molar-refractivity contribution in [1.82, 2.24) is 5.32 Å². The van der Waals surface area contributed by atoms with E-state index >= 15 is 0 Å². The van der Waals surface area contributed by atoms with Crippen molar-refractivity contribution < 1.29 is 0 Å². The van der Waals surface area contributed by atoms with E-state index in [2.05, 4.69) is 79.5 Å². The van der Waals surface area contributed by atoms with Crippen LogP contribution >= 0.6 is 0 Å². The molecule has 1 heteroatoms. The van der Waals surface area contributed by atoms with Crippen LogP contribution in [0, 0.1) is 0 Å². The van der Waals surface area contributed by atoms with Gasteiger partial charge in [-0.15, -0.1) is 0 Å². The Hall–Kier alpha value is -2.02. The van der Waals surface area contributed by atoms with Gasteiger partial charge in [-0.3, -0.25) is 0 Å². The summed E-state index contributed by atoms with van der Waals surface area (Å²) in [5.74, 6) is 0.210. The molecule has 1 aromatic rings. The number of rotatable bonds is 6. The summed E-state index contributed by atoms with van der Waals surface area (Å²) in [6.45, 7) is 7.40. The van der Waals surface area contributed by atoms with E-state index in [9.17, 15) is 0 Å².